The van der Waals surface area contributed by atoms with Crippen LogP contribution in [0.4, 0.5) is 22.7 Å². The Bertz CT molecular complexity index is 2660. The van der Waals surface area contributed by atoms with Gasteiger partial charge in [0.2, 0.25) is 0 Å². The monoisotopic (exact) mass is 705 g/mol. The van der Waals surface area contributed by atoms with Gasteiger partial charge in [0.05, 0.1) is 16.6 Å². The molecule has 0 spiro atoms. The number of fused-ring (bicyclic) bond motifs is 13. The third-order valence-electron chi connectivity index (χ3n) is 16.6. The summed E-state index contributed by atoms with van der Waals surface area (Å²) in [6.07, 6.45) is 10.1. The molecule has 0 N–H and O–H groups in total. The maximum absolute atomic E-state index is 2.91. The molecular formula is C50H52BN3. The fourth-order valence-corrected chi connectivity index (χ4v) is 13.4. The van der Waals surface area contributed by atoms with E-state index < -0.39 is 0 Å². The van der Waals surface area contributed by atoms with Gasteiger partial charge in [-0.15, -0.1) is 0 Å². The van der Waals surface area contributed by atoms with Crippen molar-refractivity contribution in [3.8, 4) is 5.69 Å². The van der Waals surface area contributed by atoms with Gasteiger partial charge in [-0.05, 0) is 102 Å². The summed E-state index contributed by atoms with van der Waals surface area (Å²) in [6.45, 7) is 17.7. The Morgan fingerprint density at radius 3 is 2.00 bits per heavy atom. The summed E-state index contributed by atoms with van der Waals surface area (Å²) in [5.74, 6) is 0. The number of anilines is 4. The summed E-state index contributed by atoms with van der Waals surface area (Å²) in [5.41, 5.74) is 19.1. The van der Waals surface area contributed by atoms with Crippen LogP contribution in [0.2, 0.25) is 0 Å². The first-order chi connectivity index (χ1) is 25.9. The van der Waals surface area contributed by atoms with E-state index in [0.29, 0.717) is 0 Å². The maximum Gasteiger partial charge on any atom is 0.252 e. The summed E-state index contributed by atoms with van der Waals surface area (Å²) in [4.78, 5) is 5.76. The number of rotatable bonds is 1. The molecule has 6 aliphatic rings. The normalized spacial score (nSPS) is 28.6. The van der Waals surface area contributed by atoms with Gasteiger partial charge in [0.25, 0.3) is 6.71 Å². The Kier molecular flexibility index (Phi) is 5.82. The molecule has 6 aromatic rings. The van der Waals surface area contributed by atoms with Crippen LogP contribution in [0.25, 0.3) is 27.5 Å². The predicted octanol–water partition coefficient (Wildman–Crippen LogP) is 10.7. The minimum Gasteiger partial charge on any atom is -0.335 e. The molecule has 2 saturated carbocycles. The van der Waals surface area contributed by atoms with E-state index in [-0.39, 0.29) is 34.0 Å². The topological polar surface area (TPSA) is 11.4 Å². The smallest absolute Gasteiger partial charge is 0.252 e. The highest BCUT2D eigenvalue weighted by Gasteiger charge is 2.62. The van der Waals surface area contributed by atoms with Gasteiger partial charge in [-0.2, -0.15) is 0 Å². The second kappa shape index (κ2) is 9.86. The molecule has 4 heteroatoms. The Balaban J connectivity index is 1.22. The molecule has 2 aliphatic carbocycles. The zero-order chi connectivity index (χ0) is 36.7. The molecule has 270 valence electrons. The van der Waals surface area contributed by atoms with Gasteiger partial charge in [-0.3, -0.25) is 0 Å². The number of nitrogens with zero attached hydrogens (tertiary/aromatic N) is 3. The quantitative estimate of drug-likeness (QED) is 0.158. The molecule has 3 nitrogen and oxygen atoms in total. The minimum absolute atomic E-state index is 0.000126. The molecule has 5 heterocycles. The second-order valence-corrected chi connectivity index (χ2v) is 19.9. The lowest BCUT2D eigenvalue weighted by Gasteiger charge is -2.53. The minimum atomic E-state index is -0.0307. The van der Waals surface area contributed by atoms with E-state index >= 15 is 0 Å². The lowest BCUT2D eigenvalue weighted by molar-refractivity contribution is 0.194. The zero-order valence-corrected chi connectivity index (χ0v) is 33.2. The first-order valence-electron chi connectivity index (χ1n) is 21.0. The molecule has 0 bridgehead atoms. The molecule has 4 atom stereocenters. The molecular weight excluding hydrogens is 653 g/mol. The summed E-state index contributed by atoms with van der Waals surface area (Å²) in [6, 6.07) is 36.5. The average Bonchev–Trinajstić information content (AvgIpc) is 3.69. The molecule has 2 fully saturated rings. The molecule has 0 radical (unpaired) electrons. The van der Waals surface area contributed by atoms with E-state index in [0.717, 1.165) is 0 Å². The first-order valence-corrected chi connectivity index (χ1v) is 21.0. The van der Waals surface area contributed by atoms with Crippen LogP contribution in [0.1, 0.15) is 117 Å². The van der Waals surface area contributed by atoms with Crippen LogP contribution in [0.15, 0.2) is 91.0 Å². The summed E-state index contributed by atoms with van der Waals surface area (Å²) in [7, 11) is 0. The molecule has 4 unspecified atom stereocenters. The SMILES string of the molecule is CC(C)(C)c1ccc2c(c1)C1(C)CCCCC1(C)N2c1cc2c3c(c1)-n1c4ccccc4c4cccc(c41)B3c1cccc3c1N2C1(C)CCCCC31C. The number of benzene rings is 5. The van der Waals surface area contributed by atoms with Crippen molar-refractivity contribution in [3.63, 3.8) is 0 Å². The fourth-order valence-electron chi connectivity index (χ4n) is 13.4. The van der Waals surface area contributed by atoms with E-state index in [9.17, 15) is 0 Å². The number of para-hydroxylation sites is 3. The van der Waals surface area contributed by atoms with E-state index in [1.54, 1.807) is 11.1 Å². The summed E-state index contributed by atoms with van der Waals surface area (Å²) < 4.78 is 2.67. The maximum atomic E-state index is 2.91. The Labute approximate surface area is 321 Å². The zero-order valence-electron chi connectivity index (χ0n) is 33.2. The van der Waals surface area contributed by atoms with Gasteiger partial charge in [0, 0.05) is 55.6 Å². The van der Waals surface area contributed by atoms with Crippen LogP contribution in [-0.2, 0) is 16.2 Å². The van der Waals surface area contributed by atoms with Crippen LogP contribution in [0.3, 0.4) is 0 Å². The molecule has 1 aromatic heterocycles. The van der Waals surface area contributed by atoms with Gasteiger partial charge >= 0.3 is 0 Å². The molecule has 54 heavy (non-hydrogen) atoms. The average molecular weight is 706 g/mol. The molecule has 0 saturated heterocycles. The van der Waals surface area contributed by atoms with Crippen LogP contribution >= 0.6 is 0 Å². The largest absolute Gasteiger partial charge is 0.335 e. The Morgan fingerprint density at radius 2 is 1.22 bits per heavy atom. The van der Waals surface area contributed by atoms with Crippen molar-refractivity contribution in [3.05, 3.63) is 108 Å². The lowest BCUT2D eigenvalue weighted by Crippen LogP contribution is -2.64. The van der Waals surface area contributed by atoms with E-state index in [1.165, 1.54) is 124 Å². The van der Waals surface area contributed by atoms with Crippen LogP contribution in [0, 0.1) is 0 Å². The summed E-state index contributed by atoms with van der Waals surface area (Å²) >= 11 is 0. The number of aromatic nitrogens is 1. The van der Waals surface area contributed by atoms with Crippen LogP contribution in [-0.4, -0.2) is 22.4 Å². The third kappa shape index (κ3) is 3.42. The molecule has 12 rings (SSSR count). The molecule has 0 amide bonds. The Morgan fingerprint density at radius 1 is 0.574 bits per heavy atom. The lowest BCUT2D eigenvalue weighted by atomic mass is 9.33. The van der Waals surface area contributed by atoms with E-state index in [2.05, 4.69) is 154 Å². The van der Waals surface area contributed by atoms with Crippen molar-refractivity contribution in [1.82, 2.24) is 4.57 Å². The molecule has 4 aliphatic heterocycles. The Hall–Kier alpha value is -4.44. The van der Waals surface area contributed by atoms with Gasteiger partial charge in [0.15, 0.2) is 0 Å². The van der Waals surface area contributed by atoms with Gasteiger partial charge < -0.3 is 14.4 Å². The fraction of sp³-hybridized carbons (Fsp3) is 0.400. The second-order valence-electron chi connectivity index (χ2n) is 19.9. The van der Waals surface area contributed by atoms with E-state index in [1.807, 2.05) is 0 Å². The van der Waals surface area contributed by atoms with Crippen molar-refractivity contribution in [2.45, 2.75) is 127 Å². The van der Waals surface area contributed by atoms with Crippen molar-refractivity contribution < 1.29 is 0 Å². The van der Waals surface area contributed by atoms with Gasteiger partial charge in [-0.1, -0.05) is 127 Å². The van der Waals surface area contributed by atoms with Gasteiger partial charge in [0.1, 0.15) is 0 Å². The number of hydrogen-bond acceptors (Lipinski definition) is 2. The van der Waals surface area contributed by atoms with Gasteiger partial charge in [-0.25, -0.2) is 0 Å². The third-order valence-corrected chi connectivity index (χ3v) is 16.6. The predicted molar refractivity (Wildman–Crippen MR) is 230 cm³/mol. The van der Waals surface area contributed by atoms with Crippen LogP contribution < -0.4 is 26.2 Å². The molecule has 5 aromatic carbocycles. The van der Waals surface area contributed by atoms with Crippen molar-refractivity contribution >= 4 is 67.7 Å². The van der Waals surface area contributed by atoms with Crippen molar-refractivity contribution in [2.75, 3.05) is 9.80 Å². The standard InChI is InChI=1S/C50H52BN3/c1-46(2,3)31-22-23-40-36(28-31)48(5)25-11-12-26-49(48,6)53(40)32-29-41-43-42(30-32)54-45-35(47(4)24-10-13-27-50(47,54)7)18-15-20-38(45)51(43)37-19-14-17-34-33-16-8-9-21-39(33)52(41)44(34)37/h8-9,14-23,28-30H,10-13,24-27H2,1-7H3. The highest BCUT2D eigenvalue weighted by molar-refractivity contribution is 7.00. The highest BCUT2D eigenvalue weighted by Crippen LogP contribution is 2.64. The van der Waals surface area contributed by atoms with E-state index in [4.69, 9.17) is 0 Å². The van der Waals surface area contributed by atoms with Crippen molar-refractivity contribution in [2.24, 2.45) is 0 Å². The highest BCUT2D eigenvalue weighted by atomic mass is 15.3. The van der Waals surface area contributed by atoms with Crippen LogP contribution in [0.5, 0.6) is 0 Å². The van der Waals surface area contributed by atoms with Crippen molar-refractivity contribution in [1.29, 1.82) is 0 Å². The number of hydrogen-bond donors (Lipinski definition) is 0. The first kappa shape index (κ1) is 31.9. The summed E-state index contributed by atoms with van der Waals surface area (Å²) in [5, 5.41) is 2.72.